The fraction of sp³-hybridized carbons (Fsp3) is 0.611. The second-order valence-corrected chi connectivity index (χ2v) is 7.37. The van der Waals surface area contributed by atoms with Crippen molar-refractivity contribution >= 4 is 17.5 Å². The lowest BCUT2D eigenvalue weighted by molar-refractivity contribution is -0.147. The summed E-state index contributed by atoms with van der Waals surface area (Å²) in [5.41, 5.74) is 0.813. The predicted molar refractivity (Wildman–Crippen MR) is 86.1 cm³/mol. The van der Waals surface area contributed by atoms with E-state index in [-0.39, 0.29) is 17.5 Å². The molecule has 0 spiro atoms. The van der Waals surface area contributed by atoms with Gasteiger partial charge in [0.25, 0.3) is 0 Å². The Morgan fingerprint density at radius 1 is 1.09 bits per heavy atom. The van der Waals surface area contributed by atoms with Crippen LogP contribution in [0.3, 0.4) is 0 Å². The van der Waals surface area contributed by atoms with Gasteiger partial charge < -0.3 is 9.64 Å². The van der Waals surface area contributed by atoms with Gasteiger partial charge in [0.1, 0.15) is 0 Å². The van der Waals surface area contributed by atoms with E-state index < -0.39 is 0 Å². The minimum Gasteiger partial charge on any atom is -0.377 e. The van der Waals surface area contributed by atoms with Gasteiger partial charge >= 0.3 is 0 Å². The van der Waals surface area contributed by atoms with E-state index in [1.165, 1.54) is 0 Å². The van der Waals surface area contributed by atoms with Gasteiger partial charge in [-0.15, -0.1) is 0 Å². The molecule has 22 heavy (non-hydrogen) atoms. The molecule has 3 aliphatic rings. The van der Waals surface area contributed by atoms with Crippen molar-refractivity contribution in [3.63, 3.8) is 0 Å². The number of carbonyl (C=O) groups excluding carboxylic acids is 1. The van der Waals surface area contributed by atoms with Gasteiger partial charge in [-0.05, 0) is 43.4 Å². The number of halogens is 1. The molecule has 1 aliphatic carbocycles. The molecule has 2 atom stereocenters. The summed E-state index contributed by atoms with van der Waals surface area (Å²) in [4.78, 5) is 15.7. The highest BCUT2D eigenvalue weighted by Gasteiger charge is 2.50. The molecule has 118 valence electrons. The maximum Gasteiger partial charge on any atom is 0.233 e. The van der Waals surface area contributed by atoms with Crippen molar-refractivity contribution in [3.05, 3.63) is 34.9 Å². The van der Waals surface area contributed by atoms with Crippen LogP contribution >= 0.6 is 11.6 Å². The lowest BCUT2D eigenvalue weighted by Crippen LogP contribution is -2.55. The van der Waals surface area contributed by atoms with Crippen molar-refractivity contribution in [3.8, 4) is 0 Å². The van der Waals surface area contributed by atoms with Crippen LogP contribution in [0.5, 0.6) is 0 Å². The topological polar surface area (TPSA) is 29.5 Å². The van der Waals surface area contributed by atoms with Crippen LogP contribution < -0.4 is 0 Å². The molecule has 1 aromatic carbocycles. The van der Waals surface area contributed by atoms with E-state index >= 15 is 0 Å². The van der Waals surface area contributed by atoms with Crippen LogP contribution in [-0.2, 0) is 14.9 Å². The number of morpholine rings is 1. The van der Waals surface area contributed by atoms with Crippen molar-refractivity contribution in [2.45, 2.75) is 56.0 Å². The van der Waals surface area contributed by atoms with Gasteiger partial charge in [0.2, 0.25) is 5.91 Å². The normalized spacial score (nSPS) is 29.8. The van der Waals surface area contributed by atoms with E-state index in [4.69, 9.17) is 16.3 Å². The monoisotopic (exact) mass is 319 g/mol. The molecule has 3 fully saturated rings. The number of hydrogen-bond acceptors (Lipinski definition) is 2. The third kappa shape index (κ3) is 2.17. The molecule has 3 nitrogen and oxygen atoms in total. The van der Waals surface area contributed by atoms with Crippen LogP contribution in [0.2, 0.25) is 5.02 Å². The van der Waals surface area contributed by atoms with E-state index in [0.29, 0.717) is 19.1 Å². The third-order valence-corrected chi connectivity index (χ3v) is 5.99. The fourth-order valence-electron chi connectivity index (χ4n) is 4.58. The van der Waals surface area contributed by atoms with Crippen molar-refractivity contribution in [2.75, 3.05) is 13.2 Å². The lowest BCUT2D eigenvalue weighted by Gasteiger charge is -2.41. The van der Waals surface area contributed by atoms with E-state index in [2.05, 4.69) is 4.90 Å². The maximum atomic E-state index is 13.5. The zero-order valence-electron chi connectivity index (χ0n) is 12.8. The number of benzene rings is 1. The highest BCUT2D eigenvalue weighted by molar-refractivity contribution is 6.30. The number of nitrogens with zero attached hydrogens (tertiary/aromatic N) is 1. The summed E-state index contributed by atoms with van der Waals surface area (Å²) in [5, 5.41) is 0.732. The molecule has 1 aromatic rings. The van der Waals surface area contributed by atoms with Crippen LogP contribution in [0.1, 0.15) is 44.1 Å². The summed E-state index contributed by atoms with van der Waals surface area (Å²) in [6, 6.07) is 8.50. The van der Waals surface area contributed by atoms with Crippen LogP contribution in [0.15, 0.2) is 24.3 Å². The van der Waals surface area contributed by atoms with Gasteiger partial charge in [0, 0.05) is 5.02 Å². The molecule has 4 heteroatoms. The number of carbonyl (C=O) groups is 1. The largest absolute Gasteiger partial charge is 0.377 e. The molecule has 0 radical (unpaired) electrons. The van der Waals surface area contributed by atoms with Crippen LogP contribution in [-0.4, -0.2) is 36.1 Å². The second-order valence-electron chi connectivity index (χ2n) is 6.93. The first-order valence-corrected chi connectivity index (χ1v) is 8.75. The minimum absolute atomic E-state index is 0.288. The molecule has 4 rings (SSSR count). The number of ether oxygens (including phenoxy) is 1. The maximum absolute atomic E-state index is 13.5. The summed E-state index contributed by atoms with van der Waals surface area (Å²) in [5.74, 6) is 0.336. The first-order valence-electron chi connectivity index (χ1n) is 8.37. The molecule has 0 aromatic heterocycles. The van der Waals surface area contributed by atoms with E-state index in [9.17, 15) is 4.79 Å². The molecule has 2 aliphatic heterocycles. The van der Waals surface area contributed by atoms with Crippen molar-refractivity contribution < 1.29 is 9.53 Å². The highest BCUT2D eigenvalue weighted by atomic mass is 35.5. The Hall–Kier alpha value is -1.06. The van der Waals surface area contributed by atoms with Crippen LogP contribution in [0, 0.1) is 0 Å². The molecule has 1 saturated carbocycles. The van der Waals surface area contributed by atoms with Crippen LogP contribution in [0.25, 0.3) is 0 Å². The Labute approximate surface area is 136 Å². The molecular formula is C18H22ClNO2. The summed E-state index contributed by atoms with van der Waals surface area (Å²) in [6.07, 6.45) is 6.37. The molecule has 1 amide bonds. The van der Waals surface area contributed by atoms with Gasteiger partial charge in [-0.1, -0.05) is 36.6 Å². The van der Waals surface area contributed by atoms with Gasteiger partial charge in [-0.3, -0.25) is 4.79 Å². The Morgan fingerprint density at radius 3 is 2.27 bits per heavy atom. The standard InChI is InChI=1S/C18H22ClNO2/c19-14-5-3-13(4-6-14)18(9-1-2-10-18)17(21)20-15-7-8-16(20)12-22-11-15/h3-6,15-16H,1-2,7-12H2/t15-,16-/m0/s1. The Balaban J connectivity index is 1.70. The fourth-order valence-corrected chi connectivity index (χ4v) is 4.71. The number of fused-ring (bicyclic) bond motifs is 2. The Kier molecular flexibility index (Phi) is 3.66. The molecule has 0 unspecified atom stereocenters. The first-order chi connectivity index (χ1) is 10.7. The summed E-state index contributed by atoms with van der Waals surface area (Å²) in [7, 11) is 0. The summed E-state index contributed by atoms with van der Waals surface area (Å²) in [6.45, 7) is 1.41. The van der Waals surface area contributed by atoms with Gasteiger partial charge in [0.15, 0.2) is 0 Å². The third-order valence-electron chi connectivity index (χ3n) is 5.74. The van der Waals surface area contributed by atoms with Gasteiger partial charge in [-0.25, -0.2) is 0 Å². The molecule has 2 saturated heterocycles. The summed E-state index contributed by atoms with van der Waals surface area (Å²) < 4.78 is 5.64. The predicted octanol–water partition coefficient (Wildman–Crippen LogP) is 3.54. The molecule has 0 N–H and O–H groups in total. The summed E-state index contributed by atoms with van der Waals surface area (Å²) >= 11 is 6.04. The molecule has 2 bridgehead atoms. The number of rotatable bonds is 2. The van der Waals surface area contributed by atoms with Crippen molar-refractivity contribution in [2.24, 2.45) is 0 Å². The minimum atomic E-state index is -0.331. The Bertz CT molecular complexity index is 549. The zero-order valence-corrected chi connectivity index (χ0v) is 13.5. The number of hydrogen-bond donors (Lipinski definition) is 0. The second kappa shape index (κ2) is 5.54. The average Bonchev–Trinajstić information content (AvgIpc) is 3.11. The SMILES string of the molecule is O=C(N1[C@H]2CC[C@H]1COC2)C1(c2ccc(Cl)cc2)CCCC1. The Morgan fingerprint density at radius 2 is 1.68 bits per heavy atom. The average molecular weight is 320 g/mol. The van der Waals surface area contributed by atoms with Gasteiger partial charge in [0.05, 0.1) is 30.7 Å². The first kappa shape index (κ1) is 14.5. The van der Waals surface area contributed by atoms with E-state index in [1.54, 1.807) is 0 Å². The molecule has 2 heterocycles. The molecular weight excluding hydrogens is 298 g/mol. The van der Waals surface area contributed by atoms with E-state index in [1.807, 2.05) is 24.3 Å². The quantitative estimate of drug-likeness (QED) is 0.834. The zero-order chi connectivity index (χ0) is 15.2. The van der Waals surface area contributed by atoms with Crippen molar-refractivity contribution in [1.29, 1.82) is 0 Å². The van der Waals surface area contributed by atoms with Gasteiger partial charge in [-0.2, -0.15) is 0 Å². The van der Waals surface area contributed by atoms with E-state index in [0.717, 1.165) is 49.1 Å². The van der Waals surface area contributed by atoms with Crippen molar-refractivity contribution in [1.82, 2.24) is 4.90 Å². The number of amides is 1. The van der Waals surface area contributed by atoms with Crippen LogP contribution in [0.4, 0.5) is 0 Å². The highest BCUT2D eigenvalue weighted by Crippen LogP contribution is 2.45. The lowest BCUT2D eigenvalue weighted by atomic mass is 9.77. The smallest absolute Gasteiger partial charge is 0.233 e.